The lowest BCUT2D eigenvalue weighted by Crippen LogP contribution is -1.97. The molecule has 0 aromatic carbocycles. The fourth-order valence-electron chi connectivity index (χ4n) is 0.570. The van der Waals surface area contributed by atoms with E-state index in [0.717, 1.165) is 12.8 Å². The molecule has 0 radical (unpaired) electrons. The molecule has 1 nitrogen and oxygen atoms in total. The molecule has 1 N–H and O–H groups in total. The normalized spacial score (nSPS) is 14.6. The molecule has 0 fully saturated rings. The van der Waals surface area contributed by atoms with Crippen molar-refractivity contribution in [3.63, 3.8) is 0 Å². The van der Waals surface area contributed by atoms with Gasteiger partial charge in [0.25, 0.3) is 0 Å². The first-order chi connectivity index (χ1) is 4.31. The van der Waals surface area contributed by atoms with E-state index in [9.17, 15) is 0 Å². The monoisotopic (exact) mass is 128 g/mol. The molecule has 0 saturated heterocycles. The molecule has 0 aliphatic heterocycles. The SMILES string of the molecule is CCC=CC[C@H](C)CO. The van der Waals surface area contributed by atoms with Gasteiger partial charge in [0.05, 0.1) is 0 Å². The van der Waals surface area contributed by atoms with Gasteiger partial charge in [0, 0.05) is 6.61 Å². The molecule has 0 aromatic rings. The van der Waals surface area contributed by atoms with Gasteiger partial charge in [-0.2, -0.15) is 0 Å². The predicted molar refractivity (Wildman–Crippen MR) is 40.3 cm³/mol. The smallest absolute Gasteiger partial charge is 0.0459 e. The first kappa shape index (κ1) is 8.70. The topological polar surface area (TPSA) is 20.2 Å². The van der Waals surface area contributed by atoms with E-state index in [0.29, 0.717) is 12.5 Å². The van der Waals surface area contributed by atoms with Gasteiger partial charge in [0.1, 0.15) is 0 Å². The third-order valence-electron chi connectivity index (χ3n) is 1.25. The minimum atomic E-state index is 0.300. The Morgan fingerprint density at radius 3 is 2.56 bits per heavy atom. The van der Waals surface area contributed by atoms with Crippen molar-refractivity contribution < 1.29 is 5.11 Å². The minimum absolute atomic E-state index is 0.300. The second-order valence-corrected chi connectivity index (χ2v) is 2.40. The van der Waals surface area contributed by atoms with E-state index < -0.39 is 0 Å². The summed E-state index contributed by atoms with van der Waals surface area (Å²) in [6, 6.07) is 0. The summed E-state index contributed by atoms with van der Waals surface area (Å²) in [6.45, 7) is 4.45. The molecule has 0 aromatic heterocycles. The summed E-state index contributed by atoms with van der Waals surface area (Å²) in [5.41, 5.74) is 0. The van der Waals surface area contributed by atoms with E-state index in [2.05, 4.69) is 19.1 Å². The summed E-state index contributed by atoms with van der Waals surface area (Å²) in [7, 11) is 0. The highest BCUT2D eigenvalue weighted by molar-refractivity contribution is 4.81. The Labute approximate surface area is 57.4 Å². The van der Waals surface area contributed by atoms with E-state index in [1.807, 2.05) is 6.92 Å². The second kappa shape index (κ2) is 5.83. The molecule has 0 bridgehead atoms. The number of hydrogen-bond acceptors (Lipinski definition) is 1. The first-order valence-electron chi connectivity index (χ1n) is 3.57. The van der Waals surface area contributed by atoms with Crippen LogP contribution in [0.2, 0.25) is 0 Å². The van der Waals surface area contributed by atoms with Crippen LogP contribution in [0.15, 0.2) is 12.2 Å². The summed E-state index contributed by atoms with van der Waals surface area (Å²) < 4.78 is 0. The minimum Gasteiger partial charge on any atom is -0.396 e. The summed E-state index contributed by atoms with van der Waals surface area (Å²) in [4.78, 5) is 0. The van der Waals surface area contributed by atoms with Crippen molar-refractivity contribution in [3.05, 3.63) is 12.2 Å². The maximum Gasteiger partial charge on any atom is 0.0459 e. The van der Waals surface area contributed by atoms with Crippen molar-refractivity contribution >= 4 is 0 Å². The van der Waals surface area contributed by atoms with Crippen LogP contribution in [-0.4, -0.2) is 11.7 Å². The molecule has 1 heteroatoms. The standard InChI is InChI=1S/C8H16O/c1-3-4-5-6-8(2)7-9/h4-5,8-9H,3,6-7H2,1-2H3/t8-/m0/s1. The maximum atomic E-state index is 8.60. The predicted octanol–water partition coefficient (Wildman–Crippen LogP) is 1.97. The van der Waals surface area contributed by atoms with Crippen molar-refractivity contribution in [2.24, 2.45) is 5.92 Å². The van der Waals surface area contributed by atoms with Crippen LogP contribution in [0.1, 0.15) is 26.7 Å². The van der Waals surface area contributed by atoms with Gasteiger partial charge in [-0.25, -0.2) is 0 Å². The van der Waals surface area contributed by atoms with Gasteiger partial charge in [-0.15, -0.1) is 0 Å². The van der Waals surface area contributed by atoms with Gasteiger partial charge in [0.15, 0.2) is 0 Å². The second-order valence-electron chi connectivity index (χ2n) is 2.40. The average Bonchev–Trinajstić information content (AvgIpc) is 1.89. The molecule has 0 heterocycles. The van der Waals surface area contributed by atoms with E-state index in [4.69, 9.17) is 5.11 Å². The third kappa shape index (κ3) is 5.57. The van der Waals surface area contributed by atoms with Crippen molar-refractivity contribution in [1.82, 2.24) is 0 Å². The Morgan fingerprint density at radius 2 is 2.11 bits per heavy atom. The highest BCUT2D eigenvalue weighted by Gasteiger charge is 1.93. The van der Waals surface area contributed by atoms with Gasteiger partial charge in [0.2, 0.25) is 0 Å². The van der Waals surface area contributed by atoms with E-state index in [1.54, 1.807) is 0 Å². The summed E-state index contributed by atoms with van der Waals surface area (Å²) in [6.07, 6.45) is 6.36. The zero-order valence-electron chi connectivity index (χ0n) is 6.30. The lowest BCUT2D eigenvalue weighted by molar-refractivity contribution is 0.239. The molecule has 9 heavy (non-hydrogen) atoms. The van der Waals surface area contributed by atoms with Crippen LogP contribution in [0.3, 0.4) is 0 Å². The molecule has 0 saturated carbocycles. The quantitative estimate of drug-likeness (QED) is 0.574. The van der Waals surface area contributed by atoms with Crippen LogP contribution in [0.5, 0.6) is 0 Å². The number of aliphatic hydroxyl groups excluding tert-OH is 1. The molecule has 0 aliphatic carbocycles. The van der Waals surface area contributed by atoms with Gasteiger partial charge >= 0.3 is 0 Å². The maximum absolute atomic E-state index is 8.60. The highest BCUT2D eigenvalue weighted by Crippen LogP contribution is 2.00. The largest absolute Gasteiger partial charge is 0.396 e. The van der Waals surface area contributed by atoms with Gasteiger partial charge in [-0.05, 0) is 18.8 Å². The zero-order valence-corrected chi connectivity index (χ0v) is 6.30. The Hall–Kier alpha value is -0.300. The van der Waals surface area contributed by atoms with Crippen molar-refractivity contribution in [1.29, 1.82) is 0 Å². The van der Waals surface area contributed by atoms with Crippen LogP contribution in [0.4, 0.5) is 0 Å². The van der Waals surface area contributed by atoms with Crippen LogP contribution >= 0.6 is 0 Å². The lowest BCUT2D eigenvalue weighted by atomic mass is 10.1. The Balaban J connectivity index is 3.15. The highest BCUT2D eigenvalue weighted by atomic mass is 16.3. The average molecular weight is 128 g/mol. The zero-order chi connectivity index (χ0) is 7.11. The van der Waals surface area contributed by atoms with Crippen molar-refractivity contribution in [3.8, 4) is 0 Å². The van der Waals surface area contributed by atoms with Crippen LogP contribution in [0.25, 0.3) is 0 Å². The summed E-state index contributed by atoms with van der Waals surface area (Å²) in [5.74, 6) is 0.424. The Morgan fingerprint density at radius 1 is 1.44 bits per heavy atom. The number of aliphatic hydroxyl groups is 1. The molecule has 0 unspecified atom stereocenters. The van der Waals surface area contributed by atoms with Gasteiger partial charge in [-0.3, -0.25) is 0 Å². The Kier molecular flexibility index (Phi) is 5.64. The van der Waals surface area contributed by atoms with Crippen molar-refractivity contribution in [2.75, 3.05) is 6.61 Å². The van der Waals surface area contributed by atoms with Gasteiger partial charge < -0.3 is 5.11 Å². The molecule has 0 aliphatic rings. The molecule has 54 valence electrons. The molecule has 0 rings (SSSR count). The molecular weight excluding hydrogens is 112 g/mol. The number of hydrogen-bond donors (Lipinski definition) is 1. The van der Waals surface area contributed by atoms with Crippen LogP contribution in [-0.2, 0) is 0 Å². The first-order valence-corrected chi connectivity index (χ1v) is 3.57. The van der Waals surface area contributed by atoms with Crippen LogP contribution < -0.4 is 0 Å². The van der Waals surface area contributed by atoms with Gasteiger partial charge in [-0.1, -0.05) is 26.0 Å². The lowest BCUT2D eigenvalue weighted by Gasteiger charge is -2.00. The molecule has 0 amide bonds. The summed E-state index contributed by atoms with van der Waals surface area (Å²) in [5, 5.41) is 8.60. The number of rotatable bonds is 4. The fraction of sp³-hybridized carbons (Fsp3) is 0.750. The third-order valence-corrected chi connectivity index (χ3v) is 1.25. The van der Waals surface area contributed by atoms with E-state index >= 15 is 0 Å². The van der Waals surface area contributed by atoms with Crippen LogP contribution in [0, 0.1) is 5.92 Å². The number of allylic oxidation sites excluding steroid dienone is 2. The molecule has 1 atom stereocenters. The van der Waals surface area contributed by atoms with E-state index in [1.165, 1.54) is 0 Å². The van der Waals surface area contributed by atoms with Crippen molar-refractivity contribution in [2.45, 2.75) is 26.7 Å². The fourth-order valence-corrected chi connectivity index (χ4v) is 0.570. The van der Waals surface area contributed by atoms with E-state index in [-0.39, 0.29) is 0 Å². The summed E-state index contributed by atoms with van der Waals surface area (Å²) >= 11 is 0. The molecular formula is C8H16O. The molecule has 0 spiro atoms. The Bertz CT molecular complexity index is 76.6.